The van der Waals surface area contributed by atoms with Crippen molar-refractivity contribution in [3.05, 3.63) is 105 Å². The van der Waals surface area contributed by atoms with Gasteiger partial charge in [-0.3, -0.25) is 14.9 Å². The molecule has 0 saturated heterocycles. The van der Waals surface area contributed by atoms with Crippen molar-refractivity contribution in [2.45, 2.75) is 32.9 Å². The van der Waals surface area contributed by atoms with Gasteiger partial charge in [-0.2, -0.15) is 0 Å². The summed E-state index contributed by atoms with van der Waals surface area (Å²) < 4.78 is 5.28. The van der Waals surface area contributed by atoms with Gasteiger partial charge in [-0.05, 0) is 36.1 Å². The first-order valence-corrected chi connectivity index (χ1v) is 10.4. The van der Waals surface area contributed by atoms with E-state index < -0.39 is 23.0 Å². The molecule has 0 aromatic heterocycles. The SMILES string of the molecule is Cc1cccc(C)c1NC(=O)[C@H](Cc1ccc([N+](=O)[O-])cc1)NC(=O)OCc1ccccc1. The maximum absolute atomic E-state index is 13.1. The monoisotopic (exact) mass is 447 g/mol. The maximum atomic E-state index is 13.1. The van der Waals surface area contributed by atoms with Crippen LogP contribution in [0.15, 0.2) is 72.8 Å². The molecule has 3 aromatic carbocycles. The van der Waals surface area contributed by atoms with Gasteiger partial charge in [0.2, 0.25) is 5.91 Å². The number of aryl methyl sites for hydroxylation is 2. The number of para-hydroxylation sites is 1. The molecule has 0 bridgehead atoms. The standard InChI is InChI=1S/C25H25N3O5/c1-17-7-6-8-18(2)23(17)27-24(29)22(15-19-11-13-21(14-12-19)28(31)32)26-25(30)33-16-20-9-4-3-5-10-20/h3-14,22H,15-16H2,1-2H3,(H,26,30)(H,27,29)/t22-/m0/s1. The number of nitro benzene ring substituents is 1. The minimum Gasteiger partial charge on any atom is -0.445 e. The van der Waals surface area contributed by atoms with Crippen LogP contribution in [0.5, 0.6) is 0 Å². The summed E-state index contributed by atoms with van der Waals surface area (Å²) in [4.78, 5) is 36.0. The highest BCUT2D eigenvalue weighted by Crippen LogP contribution is 2.20. The number of nitro groups is 1. The van der Waals surface area contributed by atoms with Gasteiger partial charge in [0.1, 0.15) is 12.6 Å². The molecule has 1 atom stereocenters. The Labute approximate surface area is 191 Å². The molecule has 0 fully saturated rings. The Morgan fingerprint density at radius 3 is 2.15 bits per heavy atom. The third kappa shape index (κ3) is 6.64. The molecular weight excluding hydrogens is 422 g/mol. The molecular formula is C25H25N3O5. The zero-order chi connectivity index (χ0) is 23.8. The Kier molecular flexibility index (Phi) is 7.75. The number of amides is 2. The molecule has 33 heavy (non-hydrogen) atoms. The Hall–Kier alpha value is -4.20. The van der Waals surface area contributed by atoms with E-state index >= 15 is 0 Å². The van der Waals surface area contributed by atoms with Crippen molar-refractivity contribution in [1.29, 1.82) is 0 Å². The summed E-state index contributed by atoms with van der Waals surface area (Å²) in [6.07, 6.45) is -0.600. The van der Waals surface area contributed by atoms with Crippen LogP contribution >= 0.6 is 0 Å². The van der Waals surface area contributed by atoms with Crippen LogP contribution in [0.1, 0.15) is 22.3 Å². The van der Waals surface area contributed by atoms with Crippen molar-refractivity contribution in [3.63, 3.8) is 0 Å². The van der Waals surface area contributed by atoms with Gasteiger partial charge in [-0.1, -0.05) is 60.7 Å². The van der Waals surface area contributed by atoms with Crippen LogP contribution in [0.4, 0.5) is 16.2 Å². The largest absolute Gasteiger partial charge is 0.445 e. The lowest BCUT2D eigenvalue weighted by molar-refractivity contribution is -0.384. The fourth-order valence-corrected chi connectivity index (χ4v) is 3.33. The van der Waals surface area contributed by atoms with Gasteiger partial charge in [0.05, 0.1) is 4.92 Å². The minimum atomic E-state index is -0.950. The summed E-state index contributed by atoms with van der Waals surface area (Å²) in [6, 6.07) is 19.8. The molecule has 0 radical (unpaired) electrons. The molecule has 0 unspecified atom stereocenters. The second kappa shape index (κ2) is 10.9. The Balaban J connectivity index is 1.75. The number of hydrogen-bond donors (Lipinski definition) is 2. The average molecular weight is 447 g/mol. The van der Waals surface area contributed by atoms with Crippen LogP contribution in [0.2, 0.25) is 0 Å². The zero-order valence-corrected chi connectivity index (χ0v) is 18.4. The summed E-state index contributed by atoms with van der Waals surface area (Å²) in [5.74, 6) is -0.414. The molecule has 2 N–H and O–H groups in total. The number of nitrogens with zero attached hydrogens (tertiary/aromatic N) is 1. The highest BCUT2D eigenvalue weighted by Gasteiger charge is 2.23. The van der Waals surface area contributed by atoms with Crippen molar-refractivity contribution < 1.29 is 19.2 Å². The number of benzene rings is 3. The van der Waals surface area contributed by atoms with Gasteiger partial charge < -0.3 is 15.4 Å². The van der Waals surface area contributed by atoms with Crippen molar-refractivity contribution in [2.24, 2.45) is 0 Å². The number of hydrogen-bond acceptors (Lipinski definition) is 5. The van der Waals surface area contributed by atoms with E-state index in [1.807, 2.05) is 62.4 Å². The Morgan fingerprint density at radius 1 is 0.909 bits per heavy atom. The van der Waals surface area contributed by atoms with Gasteiger partial charge >= 0.3 is 6.09 Å². The smallest absolute Gasteiger partial charge is 0.408 e. The molecule has 8 nitrogen and oxygen atoms in total. The number of rotatable bonds is 8. The normalized spacial score (nSPS) is 11.3. The molecule has 0 aliphatic carbocycles. The summed E-state index contributed by atoms with van der Waals surface area (Å²) >= 11 is 0. The summed E-state index contributed by atoms with van der Waals surface area (Å²) in [6.45, 7) is 3.83. The summed E-state index contributed by atoms with van der Waals surface area (Å²) in [5, 5.41) is 16.4. The van der Waals surface area contributed by atoms with Gasteiger partial charge in [0, 0.05) is 24.2 Å². The lowest BCUT2D eigenvalue weighted by atomic mass is 10.0. The van der Waals surface area contributed by atoms with Crippen molar-refractivity contribution >= 4 is 23.4 Å². The van der Waals surface area contributed by atoms with E-state index in [1.165, 1.54) is 12.1 Å². The first-order chi connectivity index (χ1) is 15.8. The number of ether oxygens (including phenoxy) is 1. The highest BCUT2D eigenvalue weighted by atomic mass is 16.6. The second-order valence-corrected chi connectivity index (χ2v) is 7.64. The van der Waals surface area contributed by atoms with E-state index in [4.69, 9.17) is 4.74 Å². The number of carbonyl (C=O) groups excluding carboxylic acids is 2. The van der Waals surface area contributed by atoms with Crippen LogP contribution in [-0.2, 0) is 22.6 Å². The first-order valence-electron chi connectivity index (χ1n) is 10.4. The van der Waals surface area contributed by atoms with Crippen molar-refractivity contribution in [1.82, 2.24) is 5.32 Å². The minimum absolute atomic E-state index is 0.0504. The number of nitrogens with one attached hydrogen (secondary N) is 2. The van der Waals surface area contributed by atoms with Gasteiger partial charge in [-0.25, -0.2) is 4.79 Å². The number of non-ortho nitro benzene ring substituents is 1. The van der Waals surface area contributed by atoms with Crippen molar-refractivity contribution in [3.8, 4) is 0 Å². The van der Waals surface area contributed by atoms with E-state index in [2.05, 4.69) is 10.6 Å². The molecule has 2 amide bonds. The molecule has 0 saturated carbocycles. The third-order valence-corrected chi connectivity index (χ3v) is 5.14. The molecule has 3 rings (SSSR count). The molecule has 170 valence electrons. The predicted octanol–water partition coefficient (Wildman–Crippen LogP) is 4.69. The zero-order valence-electron chi connectivity index (χ0n) is 18.4. The second-order valence-electron chi connectivity index (χ2n) is 7.64. The highest BCUT2D eigenvalue weighted by molar-refractivity contribution is 5.97. The third-order valence-electron chi connectivity index (χ3n) is 5.14. The van der Waals surface area contributed by atoms with Crippen LogP contribution < -0.4 is 10.6 Å². The molecule has 0 aliphatic heterocycles. The van der Waals surface area contributed by atoms with Crippen LogP contribution in [0.3, 0.4) is 0 Å². The quantitative estimate of drug-likeness (QED) is 0.385. The molecule has 0 spiro atoms. The molecule has 8 heteroatoms. The Morgan fingerprint density at radius 2 is 1.55 bits per heavy atom. The fourth-order valence-electron chi connectivity index (χ4n) is 3.33. The molecule has 3 aromatic rings. The topological polar surface area (TPSA) is 111 Å². The Bertz CT molecular complexity index is 1110. The van der Waals surface area contributed by atoms with Crippen LogP contribution in [0, 0.1) is 24.0 Å². The van der Waals surface area contributed by atoms with Gasteiger partial charge in [0.15, 0.2) is 0 Å². The predicted molar refractivity (Wildman–Crippen MR) is 125 cm³/mol. The van der Waals surface area contributed by atoms with E-state index in [0.717, 1.165) is 16.7 Å². The molecule has 0 aliphatic rings. The molecule has 0 heterocycles. The number of carbonyl (C=O) groups is 2. The van der Waals surface area contributed by atoms with E-state index in [1.54, 1.807) is 12.1 Å². The fraction of sp³-hybridized carbons (Fsp3) is 0.200. The van der Waals surface area contributed by atoms with Gasteiger partial charge in [-0.15, -0.1) is 0 Å². The summed E-state index contributed by atoms with van der Waals surface area (Å²) in [5.41, 5.74) is 3.89. The lowest BCUT2D eigenvalue weighted by Gasteiger charge is -2.20. The summed E-state index contributed by atoms with van der Waals surface area (Å²) in [7, 11) is 0. The first kappa shape index (κ1) is 23.5. The van der Waals surface area contributed by atoms with Crippen LogP contribution in [-0.4, -0.2) is 23.0 Å². The maximum Gasteiger partial charge on any atom is 0.408 e. The van der Waals surface area contributed by atoms with E-state index in [9.17, 15) is 19.7 Å². The lowest BCUT2D eigenvalue weighted by Crippen LogP contribution is -2.45. The van der Waals surface area contributed by atoms with Crippen molar-refractivity contribution in [2.75, 3.05) is 5.32 Å². The number of anilines is 1. The average Bonchev–Trinajstić information content (AvgIpc) is 2.80. The van der Waals surface area contributed by atoms with Gasteiger partial charge in [0.25, 0.3) is 5.69 Å². The van der Waals surface area contributed by atoms with E-state index in [-0.39, 0.29) is 18.7 Å². The van der Waals surface area contributed by atoms with Crippen LogP contribution in [0.25, 0.3) is 0 Å². The number of alkyl carbamates (subject to hydrolysis) is 1. The van der Waals surface area contributed by atoms with E-state index in [0.29, 0.717) is 11.3 Å².